The van der Waals surface area contributed by atoms with Gasteiger partial charge in [0.25, 0.3) is 0 Å². The molecule has 3 aromatic carbocycles. The molecule has 4 aromatic rings. The number of halogens is 1. The highest BCUT2D eigenvalue weighted by Crippen LogP contribution is 2.24. The number of benzene rings is 3. The minimum atomic E-state index is -0.580. The Balaban J connectivity index is 1.69. The van der Waals surface area contributed by atoms with E-state index >= 15 is 0 Å². The number of hydrogen-bond donors (Lipinski definition) is 0. The summed E-state index contributed by atoms with van der Waals surface area (Å²) in [5.41, 5.74) is 1.71. The van der Waals surface area contributed by atoms with Crippen molar-refractivity contribution in [1.82, 2.24) is 0 Å². The highest BCUT2D eigenvalue weighted by Gasteiger charge is 2.14. The third kappa shape index (κ3) is 3.35. The molecule has 4 rings (SSSR count). The average Bonchev–Trinajstić information content (AvgIpc) is 2.69. The van der Waals surface area contributed by atoms with Crippen molar-refractivity contribution in [3.8, 4) is 16.9 Å². The van der Waals surface area contributed by atoms with E-state index in [1.54, 1.807) is 36.4 Å². The molecule has 0 bridgehead atoms. The standard InChI is InChI=1S/C22H13ClO4/c23-19-9-5-4-8-16(19)22(25)27-15-10-11-17-20(12-15)26-13-18(21(17)24)14-6-2-1-3-7-14/h1-13H. The Morgan fingerprint density at radius 2 is 1.67 bits per heavy atom. The zero-order valence-electron chi connectivity index (χ0n) is 14.0. The molecule has 0 saturated heterocycles. The smallest absolute Gasteiger partial charge is 0.345 e. The van der Waals surface area contributed by atoms with Crippen molar-refractivity contribution < 1.29 is 13.9 Å². The lowest BCUT2D eigenvalue weighted by Crippen LogP contribution is -2.09. The van der Waals surface area contributed by atoms with Crippen LogP contribution >= 0.6 is 11.6 Å². The Labute approximate surface area is 159 Å². The Kier molecular flexibility index (Phi) is 4.48. The molecule has 0 N–H and O–H groups in total. The number of esters is 1. The van der Waals surface area contributed by atoms with Gasteiger partial charge >= 0.3 is 5.97 Å². The lowest BCUT2D eigenvalue weighted by atomic mass is 10.1. The molecule has 0 spiro atoms. The van der Waals surface area contributed by atoms with Crippen LogP contribution in [-0.2, 0) is 0 Å². The number of carbonyl (C=O) groups excluding carboxylic acids is 1. The predicted octanol–water partition coefficient (Wildman–Crippen LogP) is 5.33. The van der Waals surface area contributed by atoms with Crippen molar-refractivity contribution in [1.29, 1.82) is 0 Å². The first-order valence-electron chi connectivity index (χ1n) is 8.21. The van der Waals surface area contributed by atoms with E-state index in [4.69, 9.17) is 20.8 Å². The zero-order valence-corrected chi connectivity index (χ0v) is 14.8. The molecule has 0 atom stereocenters. The lowest BCUT2D eigenvalue weighted by Gasteiger charge is -2.07. The van der Waals surface area contributed by atoms with Gasteiger partial charge in [-0.2, -0.15) is 0 Å². The predicted molar refractivity (Wildman–Crippen MR) is 104 cm³/mol. The van der Waals surface area contributed by atoms with Crippen LogP contribution in [-0.4, -0.2) is 5.97 Å². The van der Waals surface area contributed by atoms with Crippen LogP contribution < -0.4 is 10.2 Å². The molecule has 27 heavy (non-hydrogen) atoms. The number of ether oxygens (including phenoxy) is 1. The normalized spacial score (nSPS) is 10.7. The van der Waals surface area contributed by atoms with Gasteiger partial charge in [0, 0.05) is 6.07 Å². The van der Waals surface area contributed by atoms with Crippen LogP contribution in [0.25, 0.3) is 22.1 Å². The van der Waals surface area contributed by atoms with Crippen molar-refractivity contribution in [2.24, 2.45) is 0 Å². The summed E-state index contributed by atoms with van der Waals surface area (Å²) in [6.07, 6.45) is 1.42. The van der Waals surface area contributed by atoms with Gasteiger partial charge in [0.2, 0.25) is 0 Å². The second-order valence-corrected chi connectivity index (χ2v) is 6.28. The topological polar surface area (TPSA) is 56.5 Å². The molecule has 1 aromatic heterocycles. The van der Waals surface area contributed by atoms with Crippen LogP contribution in [0.2, 0.25) is 5.02 Å². The minimum Gasteiger partial charge on any atom is -0.463 e. The maximum Gasteiger partial charge on any atom is 0.345 e. The summed E-state index contributed by atoms with van der Waals surface area (Å²) >= 11 is 6.02. The summed E-state index contributed by atoms with van der Waals surface area (Å²) in [7, 11) is 0. The number of carbonyl (C=O) groups is 1. The fourth-order valence-corrected chi connectivity index (χ4v) is 2.99. The molecular formula is C22H13ClO4. The van der Waals surface area contributed by atoms with Crippen LogP contribution in [0, 0.1) is 0 Å². The summed E-state index contributed by atoms with van der Waals surface area (Å²) in [4.78, 5) is 25.0. The molecule has 5 heteroatoms. The molecular weight excluding hydrogens is 364 g/mol. The third-order valence-electron chi connectivity index (χ3n) is 4.14. The molecule has 0 aliphatic heterocycles. The molecule has 1 heterocycles. The summed E-state index contributed by atoms with van der Waals surface area (Å²) in [6, 6.07) is 20.6. The van der Waals surface area contributed by atoms with E-state index in [1.807, 2.05) is 30.3 Å². The van der Waals surface area contributed by atoms with E-state index in [0.29, 0.717) is 21.6 Å². The van der Waals surface area contributed by atoms with E-state index in [1.165, 1.54) is 12.3 Å². The number of fused-ring (bicyclic) bond motifs is 1. The van der Waals surface area contributed by atoms with Gasteiger partial charge < -0.3 is 9.15 Å². The van der Waals surface area contributed by atoms with E-state index in [0.717, 1.165) is 5.56 Å². The Hall–Kier alpha value is -3.37. The van der Waals surface area contributed by atoms with Gasteiger partial charge in [0.1, 0.15) is 17.6 Å². The monoisotopic (exact) mass is 376 g/mol. The van der Waals surface area contributed by atoms with Crippen LogP contribution in [0.1, 0.15) is 10.4 Å². The summed E-state index contributed by atoms with van der Waals surface area (Å²) in [5, 5.41) is 0.719. The van der Waals surface area contributed by atoms with Crippen molar-refractivity contribution in [3.05, 3.63) is 99.9 Å². The molecule has 0 saturated carbocycles. The van der Waals surface area contributed by atoms with Crippen LogP contribution in [0.15, 0.2) is 88.3 Å². The van der Waals surface area contributed by atoms with Crippen LogP contribution in [0.4, 0.5) is 0 Å². The van der Waals surface area contributed by atoms with Gasteiger partial charge in [-0.25, -0.2) is 4.79 Å². The van der Waals surface area contributed by atoms with Gasteiger partial charge in [-0.15, -0.1) is 0 Å². The van der Waals surface area contributed by atoms with Gasteiger partial charge in [0.15, 0.2) is 5.43 Å². The summed E-state index contributed by atoms with van der Waals surface area (Å²) < 4.78 is 11.0. The SMILES string of the molecule is O=C(Oc1ccc2c(=O)c(-c3ccccc3)coc2c1)c1ccccc1Cl. The maximum absolute atomic E-state index is 12.7. The first kappa shape index (κ1) is 17.1. The van der Waals surface area contributed by atoms with Crippen molar-refractivity contribution in [2.45, 2.75) is 0 Å². The first-order chi connectivity index (χ1) is 13.1. The Morgan fingerprint density at radius 3 is 2.44 bits per heavy atom. The second-order valence-electron chi connectivity index (χ2n) is 5.87. The molecule has 0 aliphatic carbocycles. The van der Waals surface area contributed by atoms with Gasteiger partial charge in [-0.3, -0.25) is 4.79 Å². The molecule has 0 unspecified atom stereocenters. The zero-order chi connectivity index (χ0) is 18.8. The molecule has 0 fully saturated rings. The summed E-state index contributed by atoms with van der Waals surface area (Å²) in [5.74, 6) is -0.314. The molecule has 132 valence electrons. The quantitative estimate of drug-likeness (QED) is 0.358. The highest BCUT2D eigenvalue weighted by atomic mass is 35.5. The second kappa shape index (κ2) is 7.09. The molecule has 0 amide bonds. The Bertz CT molecular complexity index is 1200. The van der Waals surface area contributed by atoms with Crippen molar-refractivity contribution >= 4 is 28.5 Å². The fraction of sp³-hybridized carbons (Fsp3) is 0. The van der Waals surface area contributed by atoms with Gasteiger partial charge in [-0.05, 0) is 29.8 Å². The van der Waals surface area contributed by atoms with E-state index in [9.17, 15) is 9.59 Å². The van der Waals surface area contributed by atoms with Gasteiger partial charge in [0.05, 0.1) is 21.5 Å². The molecule has 4 nitrogen and oxygen atoms in total. The van der Waals surface area contributed by atoms with Crippen LogP contribution in [0.5, 0.6) is 5.75 Å². The first-order valence-corrected chi connectivity index (χ1v) is 8.59. The average molecular weight is 377 g/mol. The van der Waals surface area contributed by atoms with Crippen molar-refractivity contribution in [2.75, 3.05) is 0 Å². The van der Waals surface area contributed by atoms with Gasteiger partial charge in [-0.1, -0.05) is 54.1 Å². The van der Waals surface area contributed by atoms with E-state index in [2.05, 4.69) is 0 Å². The number of hydrogen-bond acceptors (Lipinski definition) is 4. The maximum atomic E-state index is 12.7. The van der Waals surface area contributed by atoms with Crippen LogP contribution in [0.3, 0.4) is 0 Å². The van der Waals surface area contributed by atoms with Crippen molar-refractivity contribution in [3.63, 3.8) is 0 Å². The number of rotatable bonds is 3. The van der Waals surface area contributed by atoms with E-state index < -0.39 is 5.97 Å². The third-order valence-corrected chi connectivity index (χ3v) is 4.46. The molecule has 0 aliphatic rings. The Morgan fingerprint density at radius 1 is 0.926 bits per heavy atom. The fourth-order valence-electron chi connectivity index (χ4n) is 2.78. The lowest BCUT2D eigenvalue weighted by molar-refractivity contribution is 0.0735. The highest BCUT2D eigenvalue weighted by molar-refractivity contribution is 6.33. The largest absolute Gasteiger partial charge is 0.463 e. The summed E-state index contributed by atoms with van der Waals surface area (Å²) in [6.45, 7) is 0. The molecule has 0 radical (unpaired) electrons. The van der Waals surface area contributed by atoms with E-state index in [-0.39, 0.29) is 16.7 Å². The minimum absolute atomic E-state index is 0.147.